The number of rotatable bonds is 3. The second kappa shape index (κ2) is 5.48. The Bertz CT molecular complexity index is 783. The Kier molecular flexibility index (Phi) is 3.68. The van der Waals surface area contributed by atoms with Gasteiger partial charge in [0.25, 0.3) is 0 Å². The number of hydrogen-bond acceptors (Lipinski definition) is 3. The summed E-state index contributed by atoms with van der Waals surface area (Å²) in [7, 11) is -2.96. The Morgan fingerprint density at radius 1 is 1.14 bits per heavy atom. The number of carbonyl (C=O) groups is 1. The van der Waals surface area contributed by atoms with Crippen molar-refractivity contribution in [1.29, 1.82) is 0 Å². The molecular weight excluding hydrogens is 286 g/mol. The molecule has 2 aromatic rings. The van der Waals surface area contributed by atoms with Crippen molar-refractivity contribution in [1.82, 2.24) is 5.32 Å². The van der Waals surface area contributed by atoms with Gasteiger partial charge < -0.3 is 5.32 Å². The van der Waals surface area contributed by atoms with Crippen molar-refractivity contribution in [3.05, 3.63) is 48.0 Å². The van der Waals surface area contributed by atoms with Crippen molar-refractivity contribution < 1.29 is 13.2 Å². The zero-order valence-electron chi connectivity index (χ0n) is 11.6. The van der Waals surface area contributed by atoms with E-state index >= 15 is 0 Å². The predicted molar refractivity (Wildman–Crippen MR) is 82.9 cm³/mol. The zero-order valence-corrected chi connectivity index (χ0v) is 12.4. The lowest BCUT2D eigenvalue weighted by Crippen LogP contribution is -2.36. The van der Waals surface area contributed by atoms with Gasteiger partial charge in [-0.3, -0.25) is 4.79 Å². The Hall–Kier alpha value is -1.88. The summed E-state index contributed by atoms with van der Waals surface area (Å²) in [6.07, 6.45) is 0.799. The minimum absolute atomic E-state index is 0.0659. The molecule has 1 aliphatic rings. The highest BCUT2D eigenvalue weighted by Gasteiger charge is 2.28. The van der Waals surface area contributed by atoms with Gasteiger partial charge in [0.05, 0.1) is 17.9 Å². The molecule has 0 aliphatic carbocycles. The van der Waals surface area contributed by atoms with Gasteiger partial charge in [0.2, 0.25) is 5.91 Å². The Morgan fingerprint density at radius 3 is 2.62 bits per heavy atom. The zero-order chi connectivity index (χ0) is 14.9. The normalized spacial score (nSPS) is 20.5. The number of fused-ring (bicyclic) bond motifs is 1. The van der Waals surface area contributed by atoms with Gasteiger partial charge in [-0.1, -0.05) is 42.5 Å². The van der Waals surface area contributed by atoms with Gasteiger partial charge in [-0.15, -0.1) is 0 Å². The summed E-state index contributed by atoms with van der Waals surface area (Å²) in [5.41, 5.74) is 0.937. The van der Waals surface area contributed by atoms with Gasteiger partial charge >= 0.3 is 0 Å². The van der Waals surface area contributed by atoms with Crippen molar-refractivity contribution in [3.8, 4) is 0 Å². The van der Waals surface area contributed by atoms with Crippen molar-refractivity contribution in [2.24, 2.45) is 0 Å². The van der Waals surface area contributed by atoms with Crippen LogP contribution in [0.15, 0.2) is 42.5 Å². The molecule has 1 aliphatic heterocycles. The molecule has 5 heteroatoms. The highest BCUT2D eigenvalue weighted by atomic mass is 32.2. The van der Waals surface area contributed by atoms with Gasteiger partial charge in [-0.2, -0.15) is 0 Å². The highest BCUT2D eigenvalue weighted by Crippen LogP contribution is 2.16. The molecule has 1 amide bonds. The molecule has 0 spiro atoms. The van der Waals surface area contributed by atoms with Gasteiger partial charge in [-0.05, 0) is 22.8 Å². The first-order chi connectivity index (χ1) is 10.0. The van der Waals surface area contributed by atoms with Gasteiger partial charge in [0.1, 0.15) is 0 Å². The third-order valence-electron chi connectivity index (χ3n) is 3.78. The summed E-state index contributed by atoms with van der Waals surface area (Å²) in [4.78, 5) is 12.0. The van der Waals surface area contributed by atoms with Crippen LogP contribution in [0.2, 0.25) is 0 Å². The third kappa shape index (κ3) is 3.42. The first-order valence-corrected chi connectivity index (χ1v) is 8.81. The van der Waals surface area contributed by atoms with E-state index < -0.39 is 9.84 Å². The van der Waals surface area contributed by atoms with Crippen LogP contribution in [0, 0.1) is 0 Å². The summed E-state index contributed by atoms with van der Waals surface area (Å²) in [6.45, 7) is 0. The van der Waals surface area contributed by atoms with Gasteiger partial charge in [0, 0.05) is 6.04 Å². The van der Waals surface area contributed by atoms with E-state index in [0.717, 1.165) is 16.3 Å². The molecule has 21 heavy (non-hydrogen) atoms. The van der Waals surface area contributed by atoms with Crippen LogP contribution in [0.3, 0.4) is 0 Å². The van der Waals surface area contributed by atoms with Crippen LogP contribution in [-0.4, -0.2) is 31.9 Å². The van der Waals surface area contributed by atoms with Crippen molar-refractivity contribution >= 4 is 26.5 Å². The molecule has 3 rings (SSSR count). The average Bonchev–Trinajstić information content (AvgIpc) is 2.77. The van der Waals surface area contributed by atoms with Crippen molar-refractivity contribution in [2.75, 3.05) is 11.5 Å². The predicted octanol–water partition coefficient (Wildman–Crippen LogP) is 1.69. The molecule has 0 aromatic heterocycles. The Labute approximate surface area is 124 Å². The topological polar surface area (TPSA) is 63.2 Å². The van der Waals surface area contributed by atoms with Crippen LogP contribution < -0.4 is 5.32 Å². The molecule has 1 saturated heterocycles. The smallest absolute Gasteiger partial charge is 0.224 e. The molecule has 0 saturated carbocycles. The first-order valence-electron chi connectivity index (χ1n) is 6.99. The summed E-state index contributed by atoms with van der Waals surface area (Å²) in [6, 6.07) is 13.7. The second-order valence-corrected chi connectivity index (χ2v) is 7.75. The van der Waals surface area contributed by atoms with E-state index in [2.05, 4.69) is 5.32 Å². The molecule has 2 aromatic carbocycles. The van der Waals surface area contributed by atoms with E-state index in [4.69, 9.17) is 0 Å². The summed E-state index contributed by atoms with van der Waals surface area (Å²) in [5.74, 6) is 0.122. The number of hydrogen-bond donors (Lipinski definition) is 1. The molecule has 1 atom stereocenters. The van der Waals surface area contributed by atoms with Crippen LogP contribution in [-0.2, 0) is 21.1 Å². The SMILES string of the molecule is O=C(Cc1ccc2ccccc2c1)N[C@H]1CCS(=O)(=O)C1. The average molecular weight is 303 g/mol. The van der Waals surface area contributed by atoms with Crippen LogP contribution >= 0.6 is 0 Å². The van der Waals surface area contributed by atoms with Gasteiger partial charge in [-0.25, -0.2) is 8.42 Å². The van der Waals surface area contributed by atoms with E-state index in [-0.39, 0.29) is 29.9 Å². The quantitative estimate of drug-likeness (QED) is 0.938. The lowest BCUT2D eigenvalue weighted by atomic mass is 10.0. The second-order valence-electron chi connectivity index (χ2n) is 5.53. The summed E-state index contributed by atoms with van der Waals surface area (Å²) >= 11 is 0. The fourth-order valence-corrected chi connectivity index (χ4v) is 4.40. The summed E-state index contributed by atoms with van der Waals surface area (Å²) < 4.78 is 22.8. The molecule has 1 heterocycles. The highest BCUT2D eigenvalue weighted by molar-refractivity contribution is 7.91. The Balaban J connectivity index is 1.66. The van der Waals surface area contributed by atoms with Crippen LogP contribution in [0.5, 0.6) is 0 Å². The molecular formula is C16H17NO3S. The maximum atomic E-state index is 12.0. The monoisotopic (exact) mass is 303 g/mol. The lowest BCUT2D eigenvalue weighted by molar-refractivity contribution is -0.120. The minimum Gasteiger partial charge on any atom is -0.352 e. The molecule has 0 bridgehead atoms. The minimum atomic E-state index is -2.96. The van der Waals surface area contributed by atoms with E-state index in [1.165, 1.54) is 0 Å². The molecule has 0 radical (unpaired) electrons. The number of amides is 1. The number of sulfone groups is 1. The fourth-order valence-electron chi connectivity index (χ4n) is 2.72. The Morgan fingerprint density at radius 2 is 1.90 bits per heavy atom. The lowest BCUT2D eigenvalue weighted by Gasteiger charge is -2.11. The van der Waals surface area contributed by atoms with E-state index in [1.54, 1.807) is 0 Å². The maximum Gasteiger partial charge on any atom is 0.224 e. The maximum absolute atomic E-state index is 12.0. The van der Waals surface area contributed by atoms with Crippen molar-refractivity contribution in [2.45, 2.75) is 18.9 Å². The number of nitrogens with one attached hydrogen (secondary N) is 1. The number of carbonyl (C=O) groups excluding carboxylic acids is 1. The van der Waals surface area contributed by atoms with Crippen LogP contribution in [0.4, 0.5) is 0 Å². The molecule has 4 nitrogen and oxygen atoms in total. The van der Waals surface area contributed by atoms with Gasteiger partial charge in [0.15, 0.2) is 9.84 Å². The third-order valence-corrected chi connectivity index (χ3v) is 5.54. The molecule has 110 valence electrons. The van der Waals surface area contributed by atoms with Crippen LogP contribution in [0.1, 0.15) is 12.0 Å². The molecule has 1 fully saturated rings. The van der Waals surface area contributed by atoms with E-state index in [0.29, 0.717) is 6.42 Å². The molecule has 0 unspecified atom stereocenters. The van der Waals surface area contributed by atoms with E-state index in [1.807, 2.05) is 42.5 Å². The van der Waals surface area contributed by atoms with E-state index in [9.17, 15) is 13.2 Å². The number of benzene rings is 2. The summed E-state index contributed by atoms with van der Waals surface area (Å²) in [5, 5.41) is 5.06. The van der Waals surface area contributed by atoms with Crippen molar-refractivity contribution in [3.63, 3.8) is 0 Å². The van der Waals surface area contributed by atoms with Crippen LogP contribution in [0.25, 0.3) is 10.8 Å². The fraction of sp³-hybridized carbons (Fsp3) is 0.312. The molecule has 1 N–H and O–H groups in total. The first kappa shape index (κ1) is 14.1. The largest absolute Gasteiger partial charge is 0.352 e. The standard InChI is InChI=1S/C16H17NO3S/c18-16(17-15-7-8-21(19,20)11-15)10-12-5-6-13-3-1-2-4-14(13)9-12/h1-6,9,15H,7-8,10-11H2,(H,17,18)/t15-/m0/s1.